The van der Waals surface area contributed by atoms with Crippen LogP contribution in [0.2, 0.25) is 0 Å². The molecular formula is C18H21N3O6S. The number of sulfonamides is 1. The summed E-state index contributed by atoms with van der Waals surface area (Å²) in [6.07, 6.45) is 0. The van der Waals surface area contributed by atoms with Crippen molar-refractivity contribution in [1.29, 1.82) is 0 Å². The molecule has 0 aliphatic carbocycles. The van der Waals surface area contributed by atoms with Gasteiger partial charge in [0.15, 0.2) is 0 Å². The molecule has 0 radical (unpaired) electrons. The first-order valence-corrected chi connectivity index (χ1v) is 9.58. The predicted molar refractivity (Wildman–Crippen MR) is 101 cm³/mol. The Morgan fingerprint density at radius 3 is 2.32 bits per heavy atom. The van der Waals surface area contributed by atoms with E-state index in [4.69, 9.17) is 4.74 Å². The van der Waals surface area contributed by atoms with Gasteiger partial charge in [0.2, 0.25) is 10.0 Å². The van der Waals surface area contributed by atoms with Gasteiger partial charge in [-0.1, -0.05) is 17.7 Å². The van der Waals surface area contributed by atoms with Crippen LogP contribution in [-0.4, -0.2) is 50.3 Å². The Hall–Kier alpha value is -3.11. The Labute approximate surface area is 162 Å². The highest BCUT2D eigenvalue weighted by Gasteiger charge is 2.23. The number of carbonyl (C=O) groups is 2. The molecule has 28 heavy (non-hydrogen) atoms. The molecule has 0 saturated heterocycles. The van der Waals surface area contributed by atoms with Gasteiger partial charge in [-0.2, -0.15) is 4.31 Å². The number of hydrogen-bond donors (Lipinski definition) is 3. The fraction of sp³-hybridized carbons (Fsp3) is 0.222. The Morgan fingerprint density at radius 2 is 1.75 bits per heavy atom. The molecule has 0 atom stereocenters. The number of amides is 2. The molecule has 0 fully saturated rings. The third-order valence-corrected chi connectivity index (χ3v) is 5.68. The predicted octanol–water partition coefficient (Wildman–Crippen LogP) is 0.791. The summed E-state index contributed by atoms with van der Waals surface area (Å²) in [6.45, 7) is 1.32. The van der Waals surface area contributed by atoms with Crippen molar-refractivity contribution in [2.45, 2.75) is 11.8 Å². The van der Waals surface area contributed by atoms with Crippen LogP contribution in [0.4, 0.5) is 0 Å². The van der Waals surface area contributed by atoms with Gasteiger partial charge in [0.1, 0.15) is 11.5 Å². The molecule has 3 N–H and O–H groups in total. The Morgan fingerprint density at radius 1 is 1.11 bits per heavy atom. The molecular weight excluding hydrogens is 386 g/mol. The van der Waals surface area contributed by atoms with E-state index >= 15 is 0 Å². The van der Waals surface area contributed by atoms with Gasteiger partial charge in [-0.25, -0.2) is 8.42 Å². The zero-order valence-corrected chi connectivity index (χ0v) is 16.4. The van der Waals surface area contributed by atoms with Crippen LogP contribution in [0.15, 0.2) is 47.4 Å². The van der Waals surface area contributed by atoms with E-state index in [1.165, 1.54) is 44.5 Å². The highest BCUT2D eigenvalue weighted by Crippen LogP contribution is 2.23. The lowest BCUT2D eigenvalue weighted by molar-refractivity contribution is -0.121. The quantitative estimate of drug-likeness (QED) is 0.608. The molecule has 150 valence electrons. The summed E-state index contributed by atoms with van der Waals surface area (Å²) in [5, 5.41) is 9.81. The number of aromatic hydroxyl groups is 1. The van der Waals surface area contributed by atoms with E-state index in [0.29, 0.717) is 5.75 Å². The van der Waals surface area contributed by atoms with Crippen LogP contribution >= 0.6 is 0 Å². The molecule has 2 aromatic rings. The topological polar surface area (TPSA) is 125 Å². The minimum atomic E-state index is -3.85. The smallest absolute Gasteiger partial charge is 0.273 e. The zero-order valence-electron chi connectivity index (χ0n) is 15.6. The summed E-state index contributed by atoms with van der Waals surface area (Å²) in [5.74, 6) is -1.48. The third kappa shape index (κ3) is 4.99. The van der Waals surface area contributed by atoms with E-state index in [2.05, 4.69) is 10.9 Å². The van der Waals surface area contributed by atoms with E-state index in [0.717, 1.165) is 9.87 Å². The average Bonchev–Trinajstić information content (AvgIpc) is 2.66. The van der Waals surface area contributed by atoms with Crippen molar-refractivity contribution in [3.8, 4) is 11.5 Å². The van der Waals surface area contributed by atoms with Crippen molar-refractivity contribution in [2.24, 2.45) is 0 Å². The molecule has 2 rings (SSSR count). The molecule has 0 saturated carbocycles. The van der Waals surface area contributed by atoms with Gasteiger partial charge < -0.3 is 9.84 Å². The van der Waals surface area contributed by atoms with Crippen molar-refractivity contribution in [3.63, 3.8) is 0 Å². The molecule has 9 nitrogen and oxygen atoms in total. The first kappa shape index (κ1) is 21.2. The summed E-state index contributed by atoms with van der Waals surface area (Å²) < 4.78 is 30.7. The highest BCUT2D eigenvalue weighted by molar-refractivity contribution is 7.89. The van der Waals surface area contributed by atoms with E-state index in [1.807, 2.05) is 6.92 Å². The fourth-order valence-electron chi connectivity index (χ4n) is 2.24. The molecule has 0 heterocycles. The first-order chi connectivity index (χ1) is 13.1. The van der Waals surface area contributed by atoms with Crippen LogP contribution in [-0.2, 0) is 14.8 Å². The Kier molecular flexibility index (Phi) is 6.60. The Bertz CT molecular complexity index is 973. The largest absolute Gasteiger partial charge is 0.507 e. The first-order valence-electron chi connectivity index (χ1n) is 8.14. The van der Waals surface area contributed by atoms with Gasteiger partial charge >= 0.3 is 0 Å². The minimum absolute atomic E-state index is 0.0561. The van der Waals surface area contributed by atoms with E-state index in [1.54, 1.807) is 12.1 Å². The monoisotopic (exact) mass is 407 g/mol. The number of phenols is 1. The summed E-state index contributed by atoms with van der Waals surface area (Å²) >= 11 is 0. The molecule has 0 unspecified atom stereocenters. The number of hydrogen-bond acceptors (Lipinski definition) is 6. The summed E-state index contributed by atoms with van der Waals surface area (Å²) in [6, 6.07) is 10.3. The second kappa shape index (κ2) is 8.72. The van der Waals surface area contributed by atoms with Crippen LogP contribution in [0.25, 0.3) is 0 Å². The van der Waals surface area contributed by atoms with Crippen LogP contribution < -0.4 is 15.6 Å². The van der Waals surface area contributed by atoms with Gasteiger partial charge in [0, 0.05) is 13.1 Å². The van der Waals surface area contributed by atoms with Crippen LogP contribution in [0, 0.1) is 6.92 Å². The number of nitrogens with one attached hydrogen (secondary N) is 2. The maximum absolute atomic E-state index is 12.5. The van der Waals surface area contributed by atoms with Gasteiger partial charge in [-0.3, -0.25) is 20.4 Å². The van der Waals surface area contributed by atoms with Crippen molar-refractivity contribution in [2.75, 3.05) is 20.7 Å². The van der Waals surface area contributed by atoms with E-state index in [-0.39, 0.29) is 16.2 Å². The average molecular weight is 407 g/mol. The molecule has 2 amide bonds. The number of likely N-dealkylation sites (N-methyl/N-ethyl adjacent to an activating group) is 1. The summed E-state index contributed by atoms with van der Waals surface area (Å²) in [7, 11) is -1.18. The lowest BCUT2D eigenvalue weighted by Crippen LogP contribution is -2.46. The number of aryl methyl sites for hydroxylation is 1. The lowest BCUT2D eigenvalue weighted by Gasteiger charge is -2.17. The van der Waals surface area contributed by atoms with Crippen molar-refractivity contribution < 1.29 is 27.9 Å². The SMILES string of the molecule is COc1ccc(C(=O)NNC(=O)CN(C)S(=O)(=O)c2ccc(C)cc2)c(O)c1. The van der Waals surface area contributed by atoms with Gasteiger partial charge in [-0.05, 0) is 31.2 Å². The minimum Gasteiger partial charge on any atom is -0.507 e. The lowest BCUT2D eigenvalue weighted by atomic mass is 10.2. The molecule has 0 aliphatic rings. The molecule has 2 aromatic carbocycles. The van der Waals surface area contributed by atoms with Crippen molar-refractivity contribution >= 4 is 21.8 Å². The molecule has 0 bridgehead atoms. The van der Waals surface area contributed by atoms with Crippen LogP contribution in [0.5, 0.6) is 11.5 Å². The third-order valence-electron chi connectivity index (χ3n) is 3.86. The number of ether oxygens (including phenoxy) is 1. The number of hydrazine groups is 1. The van der Waals surface area contributed by atoms with Crippen LogP contribution in [0.3, 0.4) is 0 Å². The highest BCUT2D eigenvalue weighted by atomic mass is 32.2. The molecule has 0 aromatic heterocycles. The van der Waals surface area contributed by atoms with E-state index < -0.39 is 28.4 Å². The van der Waals surface area contributed by atoms with Crippen molar-refractivity contribution in [1.82, 2.24) is 15.2 Å². The van der Waals surface area contributed by atoms with Gasteiger partial charge in [0.25, 0.3) is 11.8 Å². The van der Waals surface area contributed by atoms with E-state index in [9.17, 15) is 23.1 Å². The number of benzene rings is 2. The van der Waals surface area contributed by atoms with Gasteiger partial charge in [-0.15, -0.1) is 0 Å². The fourth-order valence-corrected chi connectivity index (χ4v) is 3.37. The van der Waals surface area contributed by atoms with Gasteiger partial charge in [0.05, 0.1) is 24.1 Å². The number of carbonyl (C=O) groups excluding carboxylic acids is 2. The molecule has 0 spiro atoms. The van der Waals surface area contributed by atoms with Crippen LogP contribution in [0.1, 0.15) is 15.9 Å². The normalized spacial score (nSPS) is 11.1. The maximum atomic E-state index is 12.5. The molecule has 10 heteroatoms. The standard InChI is InChI=1S/C18H21N3O6S/c1-12-4-7-14(8-5-12)28(25,26)21(2)11-17(23)19-20-18(24)15-9-6-13(27-3)10-16(15)22/h4-10,22H,11H2,1-3H3,(H,19,23)(H,20,24). The maximum Gasteiger partial charge on any atom is 0.273 e. The second-order valence-electron chi connectivity index (χ2n) is 5.96. The number of methoxy groups -OCH3 is 1. The number of phenolic OH excluding ortho intramolecular Hbond substituents is 1. The molecule has 0 aliphatic heterocycles. The Balaban J connectivity index is 1.96. The van der Waals surface area contributed by atoms with Crippen molar-refractivity contribution in [3.05, 3.63) is 53.6 Å². The summed E-state index contributed by atoms with van der Waals surface area (Å²) in [4.78, 5) is 24.1. The number of rotatable bonds is 6. The number of nitrogens with zero attached hydrogens (tertiary/aromatic N) is 1. The zero-order chi connectivity index (χ0) is 20.9. The summed E-state index contributed by atoms with van der Waals surface area (Å²) in [5.41, 5.74) is 5.06. The second-order valence-corrected chi connectivity index (χ2v) is 8.00.